The summed E-state index contributed by atoms with van der Waals surface area (Å²) in [5, 5.41) is 6.20. The van der Waals surface area contributed by atoms with Gasteiger partial charge in [0.05, 0.1) is 5.92 Å². The van der Waals surface area contributed by atoms with Gasteiger partial charge in [0.15, 0.2) is 0 Å². The van der Waals surface area contributed by atoms with Crippen LogP contribution in [-0.4, -0.2) is 61.0 Å². The van der Waals surface area contributed by atoms with E-state index in [0.717, 1.165) is 38.0 Å². The molecule has 25 heavy (non-hydrogen) atoms. The van der Waals surface area contributed by atoms with Crippen LogP contribution in [-0.2, 0) is 4.79 Å². The summed E-state index contributed by atoms with van der Waals surface area (Å²) in [7, 11) is 1.89. The molecule has 0 saturated carbocycles. The van der Waals surface area contributed by atoms with Crippen molar-refractivity contribution < 1.29 is 9.59 Å². The van der Waals surface area contributed by atoms with E-state index in [4.69, 9.17) is 0 Å². The van der Waals surface area contributed by atoms with Crippen molar-refractivity contribution in [3.05, 3.63) is 30.3 Å². The van der Waals surface area contributed by atoms with Gasteiger partial charge in [-0.2, -0.15) is 0 Å². The van der Waals surface area contributed by atoms with Crippen LogP contribution in [0, 0.1) is 5.92 Å². The lowest BCUT2D eigenvalue weighted by Crippen LogP contribution is -2.49. The number of likely N-dealkylation sites (N-methyl/N-ethyl adjacent to an activating group) is 1. The van der Waals surface area contributed by atoms with Crippen LogP contribution in [0.3, 0.4) is 0 Å². The van der Waals surface area contributed by atoms with E-state index in [1.807, 2.05) is 42.3 Å². The quantitative estimate of drug-likeness (QED) is 0.861. The van der Waals surface area contributed by atoms with Gasteiger partial charge in [-0.3, -0.25) is 4.79 Å². The highest BCUT2D eigenvalue weighted by Gasteiger charge is 2.33. The summed E-state index contributed by atoms with van der Waals surface area (Å²) in [6.45, 7) is 3.05. The first-order valence-electron chi connectivity index (χ1n) is 8.73. The Morgan fingerprint density at radius 1 is 1.24 bits per heavy atom. The summed E-state index contributed by atoms with van der Waals surface area (Å²) in [6.07, 6.45) is 2.74. The van der Waals surface area contributed by atoms with Gasteiger partial charge < -0.3 is 20.4 Å². The molecule has 0 aromatic heterocycles. The predicted molar refractivity (Wildman–Crippen MR) is 101 cm³/mol. The Kier molecular flexibility index (Phi) is 7.08. The summed E-state index contributed by atoms with van der Waals surface area (Å²) in [4.78, 5) is 28.8. The van der Waals surface area contributed by atoms with E-state index < -0.39 is 0 Å². The molecule has 2 heterocycles. The zero-order valence-electron chi connectivity index (χ0n) is 14.6. The van der Waals surface area contributed by atoms with Crippen LogP contribution in [0.15, 0.2) is 30.3 Å². The van der Waals surface area contributed by atoms with Crippen LogP contribution in [0.25, 0.3) is 0 Å². The van der Waals surface area contributed by atoms with Gasteiger partial charge in [-0.15, -0.1) is 12.4 Å². The number of hydrogen-bond donors (Lipinski definition) is 2. The molecule has 0 aliphatic carbocycles. The first kappa shape index (κ1) is 19.5. The molecule has 2 unspecified atom stereocenters. The summed E-state index contributed by atoms with van der Waals surface area (Å²) >= 11 is 0. The molecule has 3 amide bonds. The lowest BCUT2D eigenvalue weighted by Gasteiger charge is -2.35. The molecule has 2 N–H and O–H groups in total. The molecule has 0 spiro atoms. The minimum Gasteiger partial charge on any atom is -0.341 e. The van der Waals surface area contributed by atoms with E-state index in [0.29, 0.717) is 13.1 Å². The topological polar surface area (TPSA) is 64.7 Å². The van der Waals surface area contributed by atoms with Crippen molar-refractivity contribution in [3.8, 4) is 0 Å². The standard InChI is InChI=1S/C18H26N4O2.ClH/c1-21(16-9-10-19-12-16)17(23)14-6-5-11-22(13-14)18(24)20-15-7-3-2-4-8-15;/h2-4,7-8,14,16,19H,5-6,9-13H2,1H3,(H,20,24);1H. The third-order valence-electron chi connectivity index (χ3n) is 5.01. The SMILES string of the molecule is CN(C(=O)C1CCCN(C(=O)Nc2ccccc2)C1)C1CCNC1.Cl. The molecule has 2 fully saturated rings. The normalized spacial score (nSPS) is 22.8. The second-order valence-electron chi connectivity index (χ2n) is 6.68. The van der Waals surface area contributed by atoms with Crippen molar-refractivity contribution in [2.75, 3.05) is 38.5 Å². The lowest BCUT2D eigenvalue weighted by molar-refractivity contribution is -0.137. The van der Waals surface area contributed by atoms with Gasteiger partial charge in [-0.05, 0) is 37.9 Å². The number of hydrogen-bond acceptors (Lipinski definition) is 3. The third-order valence-corrected chi connectivity index (χ3v) is 5.01. The zero-order valence-corrected chi connectivity index (χ0v) is 15.4. The zero-order chi connectivity index (χ0) is 16.9. The maximum atomic E-state index is 12.8. The number of benzene rings is 1. The van der Waals surface area contributed by atoms with Gasteiger partial charge in [0.1, 0.15) is 0 Å². The largest absolute Gasteiger partial charge is 0.341 e. The molecule has 3 rings (SSSR count). The van der Waals surface area contributed by atoms with Crippen molar-refractivity contribution >= 4 is 30.0 Å². The monoisotopic (exact) mass is 366 g/mol. The molecule has 138 valence electrons. The number of nitrogens with zero attached hydrogens (tertiary/aromatic N) is 2. The Labute approximate surface area is 155 Å². The van der Waals surface area contributed by atoms with Crippen LogP contribution in [0.1, 0.15) is 19.3 Å². The summed E-state index contributed by atoms with van der Waals surface area (Å²) in [5.74, 6) is 0.0757. The number of halogens is 1. The van der Waals surface area contributed by atoms with Gasteiger partial charge in [-0.25, -0.2) is 4.79 Å². The first-order valence-corrected chi connectivity index (χ1v) is 8.73. The van der Waals surface area contributed by atoms with Crippen molar-refractivity contribution in [2.24, 2.45) is 5.92 Å². The van der Waals surface area contributed by atoms with E-state index >= 15 is 0 Å². The van der Waals surface area contributed by atoms with Gasteiger partial charge in [0, 0.05) is 38.4 Å². The summed E-state index contributed by atoms with van der Waals surface area (Å²) < 4.78 is 0. The average molecular weight is 367 g/mol. The number of likely N-dealkylation sites (tertiary alicyclic amines) is 1. The van der Waals surface area contributed by atoms with Crippen molar-refractivity contribution in [2.45, 2.75) is 25.3 Å². The smallest absolute Gasteiger partial charge is 0.321 e. The van der Waals surface area contributed by atoms with Crippen molar-refractivity contribution in [3.63, 3.8) is 0 Å². The minimum absolute atomic E-state index is 0. The molecule has 2 atom stereocenters. The van der Waals surface area contributed by atoms with Gasteiger partial charge in [0.25, 0.3) is 0 Å². The van der Waals surface area contributed by atoms with Gasteiger partial charge in [-0.1, -0.05) is 18.2 Å². The molecular weight excluding hydrogens is 340 g/mol. The highest BCUT2D eigenvalue weighted by atomic mass is 35.5. The Morgan fingerprint density at radius 3 is 2.68 bits per heavy atom. The Morgan fingerprint density at radius 2 is 2.00 bits per heavy atom. The Bertz CT molecular complexity index is 578. The molecule has 0 bridgehead atoms. The third kappa shape index (κ3) is 4.86. The maximum absolute atomic E-state index is 12.8. The number of carbonyl (C=O) groups is 2. The minimum atomic E-state index is -0.121. The van der Waals surface area contributed by atoms with Crippen LogP contribution < -0.4 is 10.6 Å². The highest BCUT2D eigenvalue weighted by Crippen LogP contribution is 2.21. The number of nitrogens with one attached hydrogen (secondary N) is 2. The number of anilines is 1. The molecule has 2 saturated heterocycles. The second-order valence-corrected chi connectivity index (χ2v) is 6.68. The molecule has 7 heteroatoms. The number of rotatable bonds is 3. The molecule has 6 nitrogen and oxygen atoms in total. The molecule has 2 aliphatic heterocycles. The first-order chi connectivity index (χ1) is 11.6. The number of urea groups is 1. The van der Waals surface area contributed by atoms with E-state index in [1.165, 1.54) is 0 Å². The van der Waals surface area contributed by atoms with E-state index in [9.17, 15) is 9.59 Å². The number of piperidine rings is 1. The maximum Gasteiger partial charge on any atom is 0.321 e. The van der Waals surface area contributed by atoms with Gasteiger partial charge >= 0.3 is 6.03 Å². The molecule has 2 aliphatic rings. The summed E-state index contributed by atoms with van der Waals surface area (Å²) in [5.41, 5.74) is 0.782. The second kappa shape index (κ2) is 9.06. The Balaban J connectivity index is 0.00000225. The average Bonchev–Trinajstić information content (AvgIpc) is 3.16. The molecule has 1 aromatic rings. The van der Waals surface area contributed by atoms with E-state index in [-0.39, 0.29) is 36.3 Å². The number of carbonyl (C=O) groups excluding carboxylic acids is 2. The lowest BCUT2D eigenvalue weighted by atomic mass is 9.96. The van der Waals surface area contributed by atoms with Crippen molar-refractivity contribution in [1.29, 1.82) is 0 Å². The number of amides is 3. The Hall–Kier alpha value is -1.79. The molecule has 0 radical (unpaired) electrons. The fourth-order valence-corrected chi connectivity index (χ4v) is 3.53. The van der Waals surface area contributed by atoms with Crippen LogP contribution in [0.2, 0.25) is 0 Å². The van der Waals surface area contributed by atoms with Crippen LogP contribution in [0.4, 0.5) is 10.5 Å². The fraction of sp³-hybridized carbons (Fsp3) is 0.556. The van der Waals surface area contributed by atoms with Gasteiger partial charge in [0.2, 0.25) is 5.91 Å². The highest BCUT2D eigenvalue weighted by molar-refractivity contribution is 5.90. The van der Waals surface area contributed by atoms with E-state index in [1.54, 1.807) is 4.90 Å². The fourth-order valence-electron chi connectivity index (χ4n) is 3.53. The predicted octanol–water partition coefficient (Wildman–Crippen LogP) is 2.17. The van der Waals surface area contributed by atoms with Crippen LogP contribution >= 0.6 is 12.4 Å². The number of para-hydroxylation sites is 1. The van der Waals surface area contributed by atoms with E-state index in [2.05, 4.69) is 10.6 Å². The van der Waals surface area contributed by atoms with Crippen molar-refractivity contribution in [1.82, 2.24) is 15.1 Å². The molecule has 1 aromatic carbocycles. The summed E-state index contributed by atoms with van der Waals surface area (Å²) in [6, 6.07) is 9.59. The molecular formula is C18H27ClN4O2. The van der Waals surface area contributed by atoms with Crippen LogP contribution in [0.5, 0.6) is 0 Å².